The van der Waals surface area contributed by atoms with Gasteiger partial charge in [-0.1, -0.05) is 12.8 Å². The van der Waals surface area contributed by atoms with Gasteiger partial charge in [0.1, 0.15) is 0 Å². The second-order valence-electron chi connectivity index (χ2n) is 4.15. The number of carboxylic acids is 1. The van der Waals surface area contributed by atoms with Crippen LogP contribution >= 0.6 is 11.3 Å². The van der Waals surface area contributed by atoms with E-state index in [1.54, 1.807) is 5.51 Å². The molecular weight excluding hydrogens is 266 g/mol. The van der Waals surface area contributed by atoms with E-state index < -0.39 is 5.97 Å². The van der Waals surface area contributed by atoms with Crippen molar-refractivity contribution in [2.24, 2.45) is 0 Å². The van der Waals surface area contributed by atoms with E-state index in [-0.39, 0.29) is 12.5 Å². The van der Waals surface area contributed by atoms with Crippen molar-refractivity contribution in [3.05, 3.63) is 16.6 Å². The van der Waals surface area contributed by atoms with Crippen molar-refractivity contribution in [1.82, 2.24) is 15.6 Å². The maximum absolute atomic E-state index is 11.4. The highest BCUT2D eigenvalue weighted by Crippen LogP contribution is 2.02. The standard InChI is InChI=1S/C12H19N3O3S/c16-11(17)5-3-1-2-4-6-13-12(18)14-7-10-8-19-9-15-10/h8-9H,1-7H2,(H,16,17)(H2,13,14,18). The Bertz CT molecular complexity index is 382. The maximum Gasteiger partial charge on any atom is 0.315 e. The van der Waals surface area contributed by atoms with Crippen LogP contribution in [0, 0.1) is 0 Å². The summed E-state index contributed by atoms with van der Waals surface area (Å²) in [7, 11) is 0. The zero-order valence-corrected chi connectivity index (χ0v) is 11.5. The third-order valence-electron chi connectivity index (χ3n) is 2.52. The summed E-state index contributed by atoms with van der Waals surface area (Å²) < 4.78 is 0. The molecule has 0 unspecified atom stereocenters. The molecule has 0 aliphatic carbocycles. The number of hydrogen-bond donors (Lipinski definition) is 3. The van der Waals surface area contributed by atoms with Gasteiger partial charge in [0.15, 0.2) is 0 Å². The molecule has 0 bridgehead atoms. The molecule has 0 fully saturated rings. The van der Waals surface area contributed by atoms with Crippen LogP contribution in [0.1, 0.15) is 37.8 Å². The van der Waals surface area contributed by atoms with Crippen LogP contribution in [0.15, 0.2) is 10.9 Å². The van der Waals surface area contributed by atoms with Crippen LogP contribution in [0.2, 0.25) is 0 Å². The lowest BCUT2D eigenvalue weighted by atomic mass is 10.1. The molecular formula is C12H19N3O3S. The fourth-order valence-electron chi connectivity index (χ4n) is 1.51. The van der Waals surface area contributed by atoms with Gasteiger partial charge in [0.2, 0.25) is 0 Å². The molecule has 1 rings (SSSR count). The number of aromatic nitrogens is 1. The highest BCUT2D eigenvalue weighted by Gasteiger charge is 2.01. The molecule has 0 aliphatic heterocycles. The molecule has 0 saturated heterocycles. The van der Waals surface area contributed by atoms with E-state index in [0.717, 1.165) is 25.0 Å². The topological polar surface area (TPSA) is 91.3 Å². The van der Waals surface area contributed by atoms with Crippen molar-refractivity contribution in [3.63, 3.8) is 0 Å². The predicted molar refractivity (Wildman–Crippen MR) is 73.1 cm³/mol. The Hall–Kier alpha value is -1.63. The van der Waals surface area contributed by atoms with Gasteiger partial charge in [0.05, 0.1) is 17.7 Å². The summed E-state index contributed by atoms with van der Waals surface area (Å²) in [4.78, 5) is 25.7. The van der Waals surface area contributed by atoms with E-state index in [0.29, 0.717) is 19.5 Å². The smallest absolute Gasteiger partial charge is 0.315 e. The summed E-state index contributed by atoms with van der Waals surface area (Å²) >= 11 is 1.50. The second-order valence-corrected chi connectivity index (χ2v) is 4.87. The van der Waals surface area contributed by atoms with E-state index in [1.807, 2.05) is 5.38 Å². The number of thiazole rings is 1. The fraction of sp³-hybridized carbons (Fsp3) is 0.583. The number of nitrogens with one attached hydrogen (secondary N) is 2. The third kappa shape index (κ3) is 8.15. The molecule has 3 N–H and O–H groups in total. The van der Waals surface area contributed by atoms with Gasteiger partial charge in [-0.25, -0.2) is 9.78 Å². The lowest BCUT2D eigenvalue weighted by Crippen LogP contribution is -2.35. The minimum atomic E-state index is -0.750. The molecule has 0 saturated carbocycles. The molecule has 0 spiro atoms. The average molecular weight is 285 g/mol. The number of carbonyl (C=O) groups is 2. The van der Waals surface area contributed by atoms with Crippen molar-refractivity contribution >= 4 is 23.3 Å². The van der Waals surface area contributed by atoms with Crippen LogP contribution in [0.4, 0.5) is 4.79 Å². The van der Waals surface area contributed by atoms with Gasteiger partial charge in [-0.05, 0) is 12.8 Å². The van der Waals surface area contributed by atoms with Gasteiger partial charge in [0, 0.05) is 18.3 Å². The zero-order chi connectivity index (χ0) is 13.9. The molecule has 7 heteroatoms. The van der Waals surface area contributed by atoms with E-state index in [2.05, 4.69) is 15.6 Å². The Labute approximate surface area is 116 Å². The molecule has 6 nitrogen and oxygen atoms in total. The Kier molecular flexibility index (Phi) is 7.57. The summed E-state index contributed by atoms with van der Waals surface area (Å²) in [6, 6.07) is -0.196. The van der Waals surface area contributed by atoms with Crippen LogP contribution in [-0.4, -0.2) is 28.6 Å². The Balaban J connectivity index is 1.91. The van der Waals surface area contributed by atoms with Gasteiger partial charge < -0.3 is 15.7 Å². The predicted octanol–water partition coefficient (Wildman–Crippen LogP) is 1.98. The van der Waals surface area contributed by atoms with Crippen molar-refractivity contribution in [2.75, 3.05) is 6.54 Å². The Morgan fingerprint density at radius 2 is 2.00 bits per heavy atom. The van der Waals surface area contributed by atoms with Gasteiger partial charge >= 0.3 is 12.0 Å². The average Bonchev–Trinajstić information content (AvgIpc) is 2.88. The first-order chi connectivity index (χ1) is 9.18. The van der Waals surface area contributed by atoms with Crippen molar-refractivity contribution < 1.29 is 14.7 Å². The second kappa shape index (κ2) is 9.32. The summed E-state index contributed by atoms with van der Waals surface area (Å²) in [5.74, 6) is -0.750. The number of unbranched alkanes of at least 4 members (excludes halogenated alkanes) is 3. The summed E-state index contributed by atoms with van der Waals surface area (Å²) in [5.41, 5.74) is 2.58. The first kappa shape index (κ1) is 15.4. The number of carboxylic acid groups (broad SMARTS) is 1. The molecule has 2 amide bonds. The lowest BCUT2D eigenvalue weighted by molar-refractivity contribution is -0.137. The van der Waals surface area contributed by atoms with Gasteiger partial charge in [0.25, 0.3) is 0 Å². The van der Waals surface area contributed by atoms with Crippen LogP contribution in [0.3, 0.4) is 0 Å². The van der Waals surface area contributed by atoms with Crippen LogP contribution < -0.4 is 10.6 Å². The van der Waals surface area contributed by atoms with Crippen molar-refractivity contribution in [1.29, 1.82) is 0 Å². The minimum Gasteiger partial charge on any atom is -0.481 e. The summed E-state index contributed by atoms with van der Waals surface area (Å²) in [5, 5.41) is 15.8. The number of aliphatic carboxylic acids is 1. The molecule has 0 atom stereocenters. The highest BCUT2D eigenvalue weighted by atomic mass is 32.1. The van der Waals surface area contributed by atoms with E-state index in [1.165, 1.54) is 11.3 Å². The number of amides is 2. The molecule has 0 radical (unpaired) electrons. The van der Waals surface area contributed by atoms with E-state index in [9.17, 15) is 9.59 Å². The minimum absolute atomic E-state index is 0.196. The number of urea groups is 1. The molecule has 19 heavy (non-hydrogen) atoms. The van der Waals surface area contributed by atoms with Crippen LogP contribution in [0.5, 0.6) is 0 Å². The molecule has 0 aromatic carbocycles. The van der Waals surface area contributed by atoms with Crippen LogP contribution in [0.25, 0.3) is 0 Å². The van der Waals surface area contributed by atoms with Crippen molar-refractivity contribution in [2.45, 2.75) is 38.6 Å². The quantitative estimate of drug-likeness (QED) is 0.605. The van der Waals surface area contributed by atoms with Gasteiger partial charge in [-0.2, -0.15) is 0 Å². The number of nitrogens with zero attached hydrogens (tertiary/aromatic N) is 1. The molecule has 1 heterocycles. The first-order valence-corrected chi connectivity index (χ1v) is 7.23. The lowest BCUT2D eigenvalue weighted by Gasteiger charge is -2.06. The van der Waals surface area contributed by atoms with E-state index in [4.69, 9.17) is 5.11 Å². The van der Waals surface area contributed by atoms with Gasteiger partial charge in [-0.15, -0.1) is 11.3 Å². The normalized spacial score (nSPS) is 10.1. The van der Waals surface area contributed by atoms with E-state index >= 15 is 0 Å². The number of hydrogen-bond acceptors (Lipinski definition) is 4. The zero-order valence-electron chi connectivity index (χ0n) is 10.7. The molecule has 0 aliphatic rings. The SMILES string of the molecule is O=C(O)CCCCCCNC(=O)NCc1cscn1. The molecule has 1 aromatic rings. The summed E-state index contributed by atoms with van der Waals surface area (Å²) in [6.45, 7) is 1.05. The fourth-order valence-corrected chi connectivity index (χ4v) is 2.07. The first-order valence-electron chi connectivity index (χ1n) is 6.29. The number of carbonyl (C=O) groups excluding carboxylic acids is 1. The third-order valence-corrected chi connectivity index (χ3v) is 3.15. The molecule has 106 valence electrons. The highest BCUT2D eigenvalue weighted by molar-refractivity contribution is 7.07. The van der Waals surface area contributed by atoms with Crippen LogP contribution in [-0.2, 0) is 11.3 Å². The summed E-state index contributed by atoms with van der Waals surface area (Å²) in [6.07, 6.45) is 3.60. The van der Waals surface area contributed by atoms with Crippen molar-refractivity contribution in [3.8, 4) is 0 Å². The number of rotatable bonds is 9. The monoisotopic (exact) mass is 285 g/mol. The largest absolute Gasteiger partial charge is 0.481 e. The van der Waals surface area contributed by atoms with Gasteiger partial charge in [-0.3, -0.25) is 4.79 Å². The molecule has 1 aromatic heterocycles. The Morgan fingerprint density at radius 3 is 2.68 bits per heavy atom. The Morgan fingerprint density at radius 1 is 1.21 bits per heavy atom. The maximum atomic E-state index is 11.4.